The molecule has 0 spiro atoms. The topological polar surface area (TPSA) is 114 Å². The number of halogens is 1. The van der Waals surface area contributed by atoms with Crippen molar-refractivity contribution in [1.29, 1.82) is 0 Å². The second kappa shape index (κ2) is 11.9. The lowest BCUT2D eigenvalue weighted by molar-refractivity contribution is -0.148. The Balaban J connectivity index is 1.65. The van der Waals surface area contributed by atoms with Crippen molar-refractivity contribution < 1.29 is 23.9 Å². The van der Waals surface area contributed by atoms with E-state index in [1.165, 1.54) is 0 Å². The normalized spacial score (nSPS) is 10.2. The third-order valence-electron chi connectivity index (χ3n) is 4.47. The highest BCUT2D eigenvalue weighted by molar-refractivity contribution is 6.30. The quantitative estimate of drug-likeness (QED) is 0.499. The predicted octanol–water partition coefficient (Wildman–Crippen LogP) is 2.68. The molecule has 3 N–H and O–H groups in total. The number of ether oxygens (including phenoxy) is 1. The van der Waals surface area contributed by atoms with Crippen LogP contribution in [0.4, 0.5) is 5.69 Å². The van der Waals surface area contributed by atoms with Crippen molar-refractivity contribution in [2.24, 2.45) is 0 Å². The Kier molecular flexibility index (Phi) is 9.22. The van der Waals surface area contributed by atoms with Crippen molar-refractivity contribution >= 4 is 41.0 Å². The van der Waals surface area contributed by atoms with Gasteiger partial charge in [0.25, 0.3) is 11.8 Å². The molecule has 0 heterocycles. The van der Waals surface area contributed by atoms with Crippen molar-refractivity contribution in [2.75, 3.05) is 25.0 Å². The number of carbonyl (C=O) groups excluding carboxylic acids is 4. The monoisotopic (exact) mass is 459 g/mol. The summed E-state index contributed by atoms with van der Waals surface area (Å²) < 4.78 is 4.86. The molecule has 0 unspecified atom stereocenters. The van der Waals surface area contributed by atoms with Crippen molar-refractivity contribution in [2.45, 2.75) is 27.2 Å². The molecule has 2 aromatic rings. The van der Waals surface area contributed by atoms with Crippen LogP contribution in [0.3, 0.4) is 0 Å². The summed E-state index contributed by atoms with van der Waals surface area (Å²) in [7, 11) is 0. The Morgan fingerprint density at radius 2 is 1.53 bits per heavy atom. The fourth-order valence-electron chi connectivity index (χ4n) is 2.99. The first-order valence-electron chi connectivity index (χ1n) is 9.99. The molecule has 0 aromatic heterocycles. The molecule has 0 aliphatic rings. The third-order valence-corrected chi connectivity index (χ3v) is 4.72. The van der Waals surface area contributed by atoms with Crippen molar-refractivity contribution in [3.05, 3.63) is 63.7 Å². The van der Waals surface area contributed by atoms with Crippen molar-refractivity contribution in [1.82, 2.24) is 10.6 Å². The largest absolute Gasteiger partial charge is 0.456 e. The van der Waals surface area contributed by atoms with Crippen LogP contribution in [0.2, 0.25) is 5.02 Å². The van der Waals surface area contributed by atoms with Gasteiger partial charge in [-0.05, 0) is 56.2 Å². The number of aryl methyl sites for hydroxylation is 3. The highest BCUT2D eigenvalue weighted by Crippen LogP contribution is 2.21. The van der Waals surface area contributed by atoms with E-state index in [9.17, 15) is 19.2 Å². The lowest BCUT2D eigenvalue weighted by Crippen LogP contribution is -2.36. The Morgan fingerprint density at radius 1 is 0.906 bits per heavy atom. The number of carbonyl (C=O) groups is 4. The maximum atomic E-state index is 12.1. The van der Waals surface area contributed by atoms with E-state index in [2.05, 4.69) is 16.0 Å². The molecule has 0 saturated carbocycles. The SMILES string of the molecule is Cc1cc(C)c(NC(=O)CNC(=O)COC(=O)CCNC(=O)c2ccc(Cl)cc2)c(C)c1. The van der Waals surface area contributed by atoms with Crippen molar-refractivity contribution in [3.8, 4) is 0 Å². The molecule has 2 aromatic carbocycles. The predicted molar refractivity (Wildman–Crippen MR) is 122 cm³/mol. The van der Waals surface area contributed by atoms with E-state index in [4.69, 9.17) is 16.3 Å². The smallest absolute Gasteiger partial charge is 0.308 e. The number of rotatable bonds is 9. The zero-order valence-electron chi connectivity index (χ0n) is 18.2. The summed E-state index contributed by atoms with van der Waals surface area (Å²) in [6.07, 6.45) is -0.0981. The summed E-state index contributed by atoms with van der Waals surface area (Å²) in [5.41, 5.74) is 4.08. The maximum absolute atomic E-state index is 12.1. The summed E-state index contributed by atoms with van der Waals surface area (Å²) >= 11 is 5.77. The maximum Gasteiger partial charge on any atom is 0.308 e. The average molecular weight is 460 g/mol. The standard InChI is InChI=1S/C23H26ClN3O5/c1-14-10-15(2)22(16(3)11-14)27-19(28)12-26-20(29)13-32-21(30)8-9-25-23(31)17-4-6-18(24)7-5-17/h4-7,10-11H,8-9,12-13H2,1-3H3,(H,25,31)(H,26,29)(H,27,28). The van der Waals surface area contributed by atoms with Gasteiger partial charge in [0.05, 0.1) is 13.0 Å². The van der Waals surface area contributed by atoms with Crippen LogP contribution in [0.5, 0.6) is 0 Å². The van der Waals surface area contributed by atoms with Crippen LogP contribution in [-0.4, -0.2) is 43.4 Å². The molecule has 0 atom stereocenters. The number of anilines is 1. The number of nitrogens with one attached hydrogen (secondary N) is 3. The van der Waals surface area contributed by atoms with E-state index < -0.39 is 18.5 Å². The molecular formula is C23H26ClN3O5. The Hall–Kier alpha value is -3.39. The highest BCUT2D eigenvalue weighted by atomic mass is 35.5. The van der Waals surface area contributed by atoms with Gasteiger partial charge in [-0.3, -0.25) is 19.2 Å². The zero-order chi connectivity index (χ0) is 23.7. The Morgan fingerprint density at radius 3 is 2.16 bits per heavy atom. The van der Waals surface area contributed by atoms with Crippen LogP contribution >= 0.6 is 11.6 Å². The molecule has 0 fully saturated rings. The molecule has 0 bridgehead atoms. The molecule has 0 radical (unpaired) electrons. The fourth-order valence-corrected chi connectivity index (χ4v) is 3.12. The molecule has 32 heavy (non-hydrogen) atoms. The van der Waals surface area contributed by atoms with E-state index in [1.54, 1.807) is 24.3 Å². The molecule has 0 saturated heterocycles. The number of esters is 1. The first-order valence-corrected chi connectivity index (χ1v) is 10.4. The van der Waals surface area contributed by atoms with Gasteiger partial charge in [0.1, 0.15) is 0 Å². The van der Waals surface area contributed by atoms with E-state index in [0.29, 0.717) is 16.3 Å². The van der Waals surface area contributed by atoms with Crippen LogP contribution in [0.25, 0.3) is 0 Å². The van der Waals surface area contributed by atoms with E-state index >= 15 is 0 Å². The minimum absolute atomic E-state index is 0.0551. The summed E-state index contributed by atoms with van der Waals surface area (Å²) in [6.45, 7) is 5.05. The third kappa shape index (κ3) is 8.03. The highest BCUT2D eigenvalue weighted by Gasteiger charge is 2.12. The van der Waals surface area contributed by atoms with Gasteiger partial charge in [-0.1, -0.05) is 29.3 Å². The minimum Gasteiger partial charge on any atom is -0.456 e. The molecule has 170 valence electrons. The molecule has 2 rings (SSSR count). The molecule has 3 amide bonds. The molecule has 0 aliphatic heterocycles. The van der Waals surface area contributed by atoms with Crippen LogP contribution in [0, 0.1) is 20.8 Å². The van der Waals surface area contributed by atoms with Gasteiger partial charge >= 0.3 is 5.97 Å². The summed E-state index contributed by atoms with van der Waals surface area (Å²) in [5.74, 6) is -1.98. The molecule has 0 aliphatic carbocycles. The number of hydrogen-bond donors (Lipinski definition) is 3. The van der Waals surface area contributed by atoms with Gasteiger partial charge < -0.3 is 20.7 Å². The number of hydrogen-bond acceptors (Lipinski definition) is 5. The van der Waals surface area contributed by atoms with Crippen LogP contribution in [0.15, 0.2) is 36.4 Å². The zero-order valence-corrected chi connectivity index (χ0v) is 19.0. The summed E-state index contributed by atoms with van der Waals surface area (Å²) in [6, 6.07) is 10.2. The lowest BCUT2D eigenvalue weighted by atomic mass is 10.1. The van der Waals surface area contributed by atoms with Gasteiger partial charge in [-0.2, -0.15) is 0 Å². The lowest BCUT2D eigenvalue weighted by Gasteiger charge is -2.13. The first-order chi connectivity index (χ1) is 15.2. The van der Waals surface area contributed by atoms with E-state index in [0.717, 1.165) is 16.7 Å². The summed E-state index contributed by atoms with van der Waals surface area (Å²) in [5, 5.41) is 8.26. The van der Waals surface area contributed by atoms with E-state index in [-0.39, 0.29) is 31.3 Å². The Bertz CT molecular complexity index is 982. The van der Waals surface area contributed by atoms with Crippen LogP contribution in [-0.2, 0) is 19.1 Å². The first kappa shape index (κ1) is 24.9. The Labute approximate surface area is 191 Å². The molecule has 8 nitrogen and oxygen atoms in total. The van der Waals surface area contributed by atoms with Crippen LogP contribution < -0.4 is 16.0 Å². The van der Waals surface area contributed by atoms with Gasteiger partial charge in [-0.15, -0.1) is 0 Å². The fraction of sp³-hybridized carbons (Fsp3) is 0.304. The summed E-state index contributed by atoms with van der Waals surface area (Å²) in [4.78, 5) is 47.6. The number of amides is 3. The molecular weight excluding hydrogens is 434 g/mol. The van der Waals surface area contributed by atoms with E-state index in [1.807, 2.05) is 32.9 Å². The van der Waals surface area contributed by atoms with Crippen LogP contribution in [0.1, 0.15) is 33.5 Å². The van der Waals surface area contributed by atoms with Gasteiger partial charge in [0.2, 0.25) is 5.91 Å². The second-order valence-corrected chi connectivity index (χ2v) is 7.71. The minimum atomic E-state index is -0.646. The second-order valence-electron chi connectivity index (χ2n) is 7.27. The number of benzene rings is 2. The van der Waals surface area contributed by atoms with Gasteiger partial charge in [0.15, 0.2) is 6.61 Å². The van der Waals surface area contributed by atoms with Gasteiger partial charge in [-0.25, -0.2) is 0 Å². The molecule has 9 heteroatoms. The van der Waals surface area contributed by atoms with Crippen molar-refractivity contribution in [3.63, 3.8) is 0 Å². The van der Waals surface area contributed by atoms with Gasteiger partial charge in [0, 0.05) is 22.8 Å². The average Bonchev–Trinajstić information content (AvgIpc) is 2.73.